The summed E-state index contributed by atoms with van der Waals surface area (Å²) in [5.41, 5.74) is -0.290. The molecule has 0 saturated carbocycles. The normalized spacial score (nSPS) is 13.0. The van der Waals surface area contributed by atoms with Gasteiger partial charge in [-0.15, -0.1) is 6.42 Å². The lowest BCUT2D eigenvalue weighted by atomic mass is 9.99. The molecule has 0 radical (unpaired) electrons. The Balaban J connectivity index is 4.01. The Labute approximate surface area is 80.1 Å². The molecule has 0 saturated heterocycles. The molecular weight excluding hydrogens is 164 g/mol. The molecule has 0 bridgehead atoms. The highest BCUT2D eigenvalue weighted by Crippen LogP contribution is 2.14. The van der Waals surface area contributed by atoms with Crippen LogP contribution < -0.4 is 5.32 Å². The van der Waals surface area contributed by atoms with E-state index in [1.54, 1.807) is 7.11 Å². The van der Waals surface area contributed by atoms with Crippen LogP contribution in [-0.2, 0) is 4.74 Å². The predicted octanol–water partition coefficient (Wildman–Crippen LogP) is 0.916. The number of rotatable bonds is 5. The van der Waals surface area contributed by atoms with Crippen molar-refractivity contribution in [3.05, 3.63) is 0 Å². The lowest BCUT2D eigenvalue weighted by molar-refractivity contribution is 0.0115. The van der Waals surface area contributed by atoms with Crippen molar-refractivity contribution in [3.63, 3.8) is 0 Å². The van der Waals surface area contributed by atoms with Gasteiger partial charge in [-0.2, -0.15) is 5.26 Å². The van der Waals surface area contributed by atoms with Crippen LogP contribution in [0.5, 0.6) is 0 Å². The summed E-state index contributed by atoms with van der Waals surface area (Å²) in [4.78, 5) is 0. The Bertz CT molecular complexity index is 222. The molecule has 13 heavy (non-hydrogen) atoms. The third-order valence-corrected chi connectivity index (χ3v) is 1.85. The molecule has 0 amide bonds. The standard InChI is InChI=1S/C10H16N2O/c1-5-6-12-9(8-11)7-10(2,3)13-4/h1,9,12H,6-7H2,2-4H3. The fourth-order valence-corrected chi connectivity index (χ4v) is 0.920. The van der Waals surface area contributed by atoms with Crippen LogP contribution >= 0.6 is 0 Å². The summed E-state index contributed by atoms with van der Waals surface area (Å²) in [5, 5.41) is 11.7. The molecule has 0 fully saturated rings. The third kappa shape index (κ3) is 5.25. The molecule has 0 aromatic carbocycles. The summed E-state index contributed by atoms with van der Waals surface area (Å²) in [7, 11) is 1.63. The Morgan fingerprint density at radius 3 is 2.62 bits per heavy atom. The van der Waals surface area contributed by atoms with E-state index in [2.05, 4.69) is 17.3 Å². The molecule has 0 heterocycles. The maximum atomic E-state index is 8.77. The second kappa shape index (κ2) is 5.59. The maximum Gasteiger partial charge on any atom is 0.0987 e. The lowest BCUT2D eigenvalue weighted by Crippen LogP contribution is -2.36. The van der Waals surface area contributed by atoms with Crippen molar-refractivity contribution in [2.24, 2.45) is 0 Å². The first-order chi connectivity index (χ1) is 6.05. The molecule has 0 aliphatic heterocycles. The molecule has 0 spiro atoms. The first-order valence-electron chi connectivity index (χ1n) is 4.17. The minimum atomic E-state index is -0.290. The van der Waals surface area contributed by atoms with Crippen LogP contribution in [-0.4, -0.2) is 25.3 Å². The molecule has 0 rings (SSSR count). The van der Waals surface area contributed by atoms with Crippen LogP contribution in [0.1, 0.15) is 20.3 Å². The number of nitrogens with zero attached hydrogens (tertiary/aromatic N) is 1. The average Bonchev–Trinajstić information content (AvgIpc) is 2.12. The molecule has 1 unspecified atom stereocenters. The van der Waals surface area contributed by atoms with Crippen molar-refractivity contribution >= 4 is 0 Å². The maximum absolute atomic E-state index is 8.77. The number of hydrogen-bond donors (Lipinski definition) is 1. The predicted molar refractivity (Wildman–Crippen MR) is 51.9 cm³/mol. The van der Waals surface area contributed by atoms with E-state index in [1.165, 1.54) is 0 Å². The molecule has 72 valence electrons. The van der Waals surface area contributed by atoms with Crippen molar-refractivity contribution in [1.82, 2.24) is 5.32 Å². The number of methoxy groups -OCH3 is 1. The zero-order valence-corrected chi connectivity index (χ0v) is 8.42. The largest absolute Gasteiger partial charge is 0.379 e. The third-order valence-electron chi connectivity index (χ3n) is 1.85. The molecule has 3 nitrogen and oxygen atoms in total. The van der Waals surface area contributed by atoms with Gasteiger partial charge in [-0.25, -0.2) is 0 Å². The van der Waals surface area contributed by atoms with E-state index in [-0.39, 0.29) is 11.6 Å². The number of hydrogen-bond acceptors (Lipinski definition) is 3. The molecule has 1 atom stereocenters. The molecule has 1 N–H and O–H groups in total. The highest BCUT2D eigenvalue weighted by Gasteiger charge is 2.21. The summed E-state index contributed by atoms with van der Waals surface area (Å²) in [5.74, 6) is 2.43. The van der Waals surface area contributed by atoms with Gasteiger partial charge < -0.3 is 4.74 Å². The minimum absolute atomic E-state index is 0.244. The van der Waals surface area contributed by atoms with Gasteiger partial charge in [0.2, 0.25) is 0 Å². The van der Waals surface area contributed by atoms with Crippen LogP contribution in [0.4, 0.5) is 0 Å². The second-order valence-electron chi connectivity index (χ2n) is 3.43. The first kappa shape index (κ1) is 12.0. The molecule has 0 aliphatic carbocycles. The summed E-state index contributed by atoms with van der Waals surface area (Å²) >= 11 is 0. The van der Waals surface area contributed by atoms with Crippen molar-refractivity contribution in [1.29, 1.82) is 5.26 Å². The van der Waals surface area contributed by atoms with Crippen molar-refractivity contribution < 1.29 is 4.74 Å². The zero-order valence-electron chi connectivity index (χ0n) is 8.42. The average molecular weight is 180 g/mol. The SMILES string of the molecule is C#CCNC(C#N)CC(C)(C)OC. The summed E-state index contributed by atoms with van der Waals surface area (Å²) in [6.07, 6.45) is 5.70. The number of ether oxygens (including phenoxy) is 1. The highest BCUT2D eigenvalue weighted by molar-refractivity contribution is 4.98. The van der Waals surface area contributed by atoms with Crippen LogP contribution in [0.2, 0.25) is 0 Å². The first-order valence-corrected chi connectivity index (χ1v) is 4.17. The van der Waals surface area contributed by atoms with Crippen LogP contribution in [0.15, 0.2) is 0 Å². The van der Waals surface area contributed by atoms with Gasteiger partial charge in [0.25, 0.3) is 0 Å². The van der Waals surface area contributed by atoms with E-state index in [0.717, 1.165) is 0 Å². The van der Waals surface area contributed by atoms with E-state index < -0.39 is 0 Å². The van der Waals surface area contributed by atoms with Gasteiger partial charge in [0.1, 0.15) is 0 Å². The minimum Gasteiger partial charge on any atom is -0.379 e. The van der Waals surface area contributed by atoms with Gasteiger partial charge in [-0.3, -0.25) is 5.32 Å². The Hall–Kier alpha value is -1.03. The Kier molecular flexibility index (Phi) is 5.14. The number of nitrogens with one attached hydrogen (secondary N) is 1. The van der Waals surface area contributed by atoms with Crippen molar-refractivity contribution in [2.45, 2.75) is 31.9 Å². The molecule has 3 heteroatoms. The monoisotopic (exact) mass is 180 g/mol. The van der Waals surface area contributed by atoms with E-state index >= 15 is 0 Å². The van der Waals surface area contributed by atoms with Crippen molar-refractivity contribution in [3.8, 4) is 18.4 Å². The van der Waals surface area contributed by atoms with E-state index in [4.69, 9.17) is 16.4 Å². The van der Waals surface area contributed by atoms with Gasteiger partial charge in [0.15, 0.2) is 0 Å². The quantitative estimate of drug-likeness (QED) is 0.640. The van der Waals surface area contributed by atoms with E-state index in [9.17, 15) is 0 Å². The van der Waals surface area contributed by atoms with Gasteiger partial charge >= 0.3 is 0 Å². The van der Waals surface area contributed by atoms with Gasteiger partial charge in [-0.05, 0) is 13.8 Å². The molecule has 0 aromatic heterocycles. The highest BCUT2D eigenvalue weighted by atomic mass is 16.5. The van der Waals surface area contributed by atoms with Gasteiger partial charge in [0, 0.05) is 13.5 Å². The molecular formula is C10H16N2O. The van der Waals surface area contributed by atoms with Crippen molar-refractivity contribution in [2.75, 3.05) is 13.7 Å². The second-order valence-corrected chi connectivity index (χ2v) is 3.43. The number of terminal acetylenes is 1. The van der Waals surface area contributed by atoms with Crippen LogP contribution in [0.3, 0.4) is 0 Å². The summed E-state index contributed by atoms with van der Waals surface area (Å²) in [6.45, 7) is 4.29. The zero-order chi connectivity index (χ0) is 10.3. The van der Waals surface area contributed by atoms with Gasteiger partial charge in [0.05, 0.1) is 24.3 Å². The van der Waals surface area contributed by atoms with Crippen LogP contribution in [0.25, 0.3) is 0 Å². The smallest absolute Gasteiger partial charge is 0.0987 e. The fourth-order valence-electron chi connectivity index (χ4n) is 0.920. The lowest BCUT2D eigenvalue weighted by Gasteiger charge is -2.25. The fraction of sp³-hybridized carbons (Fsp3) is 0.700. The Morgan fingerprint density at radius 1 is 1.62 bits per heavy atom. The van der Waals surface area contributed by atoms with Crippen LogP contribution in [0, 0.1) is 23.7 Å². The molecule has 0 aromatic rings. The topological polar surface area (TPSA) is 45.0 Å². The Morgan fingerprint density at radius 2 is 2.23 bits per heavy atom. The molecule has 0 aliphatic rings. The van der Waals surface area contributed by atoms with E-state index in [1.807, 2.05) is 13.8 Å². The van der Waals surface area contributed by atoms with E-state index in [0.29, 0.717) is 13.0 Å². The summed E-state index contributed by atoms with van der Waals surface area (Å²) in [6, 6.07) is 1.90. The van der Waals surface area contributed by atoms with Gasteiger partial charge in [-0.1, -0.05) is 5.92 Å². The number of nitriles is 1. The summed E-state index contributed by atoms with van der Waals surface area (Å²) < 4.78 is 5.21.